The van der Waals surface area contributed by atoms with Crippen LogP contribution in [0.2, 0.25) is 0 Å². The van der Waals surface area contributed by atoms with Gasteiger partial charge in [-0.1, -0.05) is 24.3 Å². The summed E-state index contributed by atoms with van der Waals surface area (Å²) in [5.74, 6) is -1.47. The Kier molecular flexibility index (Phi) is 3.37. The van der Waals surface area contributed by atoms with Crippen LogP contribution in [0.25, 0.3) is 0 Å². The van der Waals surface area contributed by atoms with Gasteiger partial charge < -0.3 is 15.3 Å². The number of nitrogens with one attached hydrogen (secondary N) is 1. The van der Waals surface area contributed by atoms with Crippen molar-refractivity contribution in [1.29, 1.82) is 0 Å². The molecule has 1 saturated heterocycles. The molecule has 2 atom stereocenters. The first-order chi connectivity index (χ1) is 10.1. The third-order valence-corrected chi connectivity index (χ3v) is 4.11. The summed E-state index contributed by atoms with van der Waals surface area (Å²) in [5, 5.41) is 12.0. The summed E-state index contributed by atoms with van der Waals surface area (Å²) in [6, 6.07) is 6.08. The number of hydrogen-bond acceptors (Lipinski definition) is 3. The largest absolute Gasteiger partial charge is 0.480 e. The summed E-state index contributed by atoms with van der Waals surface area (Å²) in [5.41, 5.74) is 1.93. The molecule has 0 saturated carbocycles. The Hall–Kier alpha value is -2.37. The number of carbonyl (C=O) groups is 3. The number of fused-ring (bicyclic) bond motifs is 1. The van der Waals surface area contributed by atoms with Crippen LogP contribution in [0, 0.1) is 0 Å². The highest BCUT2D eigenvalue weighted by molar-refractivity contribution is 5.93. The molecule has 1 unspecified atom stereocenters. The van der Waals surface area contributed by atoms with Crippen molar-refractivity contribution in [3.8, 4) is 0 Å². The van der Waals surface area contributed by atoms with Crippen LogP contribution in [0.5, 0.6) is 0 Å². The van der Waals surface area contributed by atoms with E-state index in [1.54, 1.807) is 0 Å². The summed E-state index contributed by atoms with van der Waals surface area (Å²) >= 11 is 0. The fourth-order valence-electron chi connectivity index (χ4n) is 2.97. The van der Waals surface area contributed by atoms with E-state index in [2.05, 4.69) is 5.32 Å². The SMILES string of the molecule is O=C1CCC(C(=O)N2Cc3ccccc3C[C@H]2C(=O)O)N1. The Bertz CT molecular complexity index is 613. The van der Waals surface area contributed by atoms with Gasteiger partial charge >= 0.3 is 5.97 Å². The van der Waals surface area contributed by atoms with Crippen LogP contribution in [-0.2, 0) is 27.3 Å². The summed E-state index contributed by atoms with van der Waals surface area (Å²) in [6.07, 6.45) is 1.05. The number of carboxylic acid groups (broad SMARTS) is 1. The van der Waals surface area contributed by atoms with E-state index < -0.39 is 18.1 Å². The summed E-state index contributed by atoms with van der Waals surface area (Å²) in [7, 11) is 0. The molecule has 0 spiro atoms. The van der Waals surface area contributed by atoms with Crippen molar-refractivity contribution in [2.24, 2.45) is 0 Å². The van der Waals surface area contributed by atoms with Gasteiger partial charge in [0.15, 0.2) is 0 Å². The fourth-order valence-corrected chi connectivity index (χ4v) is 2.97. The van der Waals surface area contributed by atoms with Gasteiger partial charge in [0.25, 0.3) is 0 Å². The number of rotatable bonds is 2. The first-order valence-corrected chi connectivity index (χ1v) is 6.95. The maximum Gasteiger partial charge on any atom is 0.326 e. The van der Waals surface area contributed by atoms with E-state index in [0.29, 0.717) is 19.3 Å². The molecule has 2 N–H and O–H groups in total. The van der Waals surface area contributed by atoms with Gasteiger partial charge in [-0.25, -0.2) is 4.79 Å². The molecule has 1 fully saturated rings. The molecule has 3 rings (SSSR count). The Labute approximate surface area is 121 Å². The molecule has 1 aromatic rings. The average molecular weight is 288 g/mol. The predicted molar refractivity (Wildman–Crippen MR) is 73.3 cm³/mol. The lowest BCUT2D eigenvalue weighted by Crippen LogP contribution is -2.53. The Morgan fingerprint density at radius 3 is 2.57 bits per heavy atom. The van der Waals surface area contributed by atoms with Crippen molar-refractivity contribution in [3.05, 3.63) is 35.4 Å². The summed E-state index contributed by atoms with van der Waals surface area (Å²) in [4.78, 5) is 36.6. The zero-order valence-corrected chi connectivity index (χ0v) is 11.4. The molecule has 0 bridgehead atoms. The second-order valence-corrected chi connectivity index (χ2v) is 5.45. The van der Waals surface area contributed by atoms with Gasteiger partial charge in [-0.3, -0.25) is 9.59 Å². The Balaban J connectivity index is 1.87. The molecule has 2 heterocycles. The molecule has 2 amide bonds. The van der Waals surface area contributed by atoms with Crippen LogP contribution < -0.4 is 5.32 Å². The maximum absolute atomic E-state index is 12.5. The first-order valence-electron chi connectivity index (χ1n) is 6.95. The van der Waals surface area contributed by atoms with Gasteiger partial charge in [0.2, 0.25) is 11.8 Å². The number of amides is 2. The number of hydrogen-bond donors (Lipinski definition) is 2. The third-order valence-electron chi connectivity index (χ3n) is 4.11. The lowest BCUT2D eigenvalue weighted by Gasteiger charge is -2.35. The van der Waals surface area contributed by atoms with Crippen LogP contribution in [0.15, 0.2) is 24.3 Å². The highest BCUT2D eigenvalue weighted by Crippen LogP contribution is 2.25. The number of aliphatic carboxylic acids is 1. The van der Waals surface area contributed by atoms with E-state index in [1.807, 2.05) is 24.3 Å². The van der Waals surface area contributed by atoms with Crippen molar-refractivity contribution in [1.82, 2.24) is 10.2 Å². The van der Waals surface area contributed by atoms with Crippen LogP contribution in [0.4, 0.5) is 0 Å². The molecule has 0 aliphatic carbocycles. The van der Waals surface area contributed by atoms with E-state index >= 15 is 0 Å². The Morgan fingerprint density at radius 1 is 1.24 bits per heavy atom. The fraction of sp³-hybridized carbons (Fsp3) is 0.400. The summed E-state index contributed by atoms with van der Waals surface area (Å²) in [6.45, 7) is 0.276. The predicted octanol–water partition coefficient (Wildman–Crippen LogP) is 0.303. The van der Waals surface area contributed by atoms with Crippen LogP contribution in [0.1, 0.15) is 24.0 Å². The second-order valence-electron chi connectivity index (χ2n) is 5.45. The molecular weight excluding hydrogens is 272 g/mol. The lowest BCUT2D eigenvalue weighted by molar-refractivity contribution is -0.152. The highest BCUT2D eigenvalue weighted by Gasteiger charge is 2.39. The maximum atomic E-state index is 12.5. The molecule has 6 nitrogen and oxygen atoms in total. The molecule has 6 heteroatoms. The van der Waals surface area contributed by atoms with Crippen LogP contribution in [-0.4, -0.2) is 39.9 Å². The first kappa shape index (κ1) is 13.6. The monoisotopic (exact) mass is 288 g/mol. The average Bonchev–Trinajstić information content (AvgIpc) is 2.91. The quantitative estimate of drug-likeness (QED) is 0.819. The van der Waals surface area contributed by atoms with E-state index in [1.165, 1.54) is 4.90 Å². The van der Waals surface area contributed by atoms with Crippen molar-refractivity contribution in [2.75, 3.05) is 0 Å². The van der Waals surface area contributed by atoms with Gasteiger partial charge in [0.1, 0.15) is 12.1 Å². The molecule has 110 valence electrons. The number of nitrogens with zero attached hydrogens (tertiary/aromatic N) is 1. The molecule has 2 aliphatic heterocycles. The minimum absolute atomic E-state index is 0.155. The molecule has 1 aromatic carbocycles. The van der Waals surface area contributed by atoms with E-state index in [9.17, 15) is 19.5 Å². The molecule has 21 heavy (non-hydrogen) atoms. The van der Waals surface area contributed by atoms with Gasteiger partial charge in [0.05, 0.1) is 0 Å². The second kappa shape index (κ2) is 5.20. The van der Waals surface area contributed by atoms with Crippen molar-refractivity contribution < 1.29 is 19.5 Å². The van der Waals surface area contributed by atoms with Gasteiger partial charge in [-0.05, 0) is 17.5 Å². The lowest BCUT2D eigenvalue weighted by atomic mass is 9.93. The van der Waals surface area contributed by atoms with E-state index in [4.69, 9.17) is 0 Å². The number of carbonyl (C=O) groups excluding carboxylic acids is 2. The minimum atomic E-state index is -1.01. The van der Waals surface area contributed by atoms with Crippen molar-refractivity contribution in [3.63, 3.8) is 0 Å². The van der Waals surface area contributed by atoms with Gasteiger partial charge in [-0.15, -0.1) is 0 Å². The molecule has 2 aliphatic rings. The molecular formula is C15H16N2O4. The van der Waals surface area contributed by atoms with Gasteiger partial charge in [0, 0.05) is 19.4 Å². The van der Waals surface area contributed by atoms with Crippen molar-refractivity contribution >= 4 is 17.8 Å². The van der Waals surface area contributed by atoms with Gasteiger partial charge in [-0.2, -0.15) is 0 Å². The zero-order valence-electron chi connectivity index (χ0n) is 11.4. The standard InChI is InChI=1S/C15H16N2O4/c18-13-6-5-11(16-13)14(19)17-8-10-4-2-1-3-9(10)7-12(17)15(20)21/h1-4,11-12H,5-8H2,(H,16,18)(H,20,21)/t11?,12-/m0/s1. The minimum Gasteiger partial charge on any atom is -0.480 e. The van der Waals surface area contributed by atoms with E-state index in [0.717, 1.165) is 11.1 Å². The third kappa shape index (κ3) is 2.49. The summed E-state index contributed by atoms with van der Waals surface area (Å²) < 4.78 is 0. The van der Waals surface area contributed by atoms with E-state index in [-0.39, 0.29) is 18.4 Å². The molecule has 0 radical (unpaired) electrons. The van der Waals surface area contributed by atoms with Crippen LogP contribution in [0.3, 0.4) is 0 Å². The highest BCUT2D eigenvalue weighted by atomic mass is 16.4. The molecule has 0 aromatic heterocycles. The Morgan fingerprint density at radius 2 is 1.95 bits per heavy atom. The van der Waals surface area contributed by atoms with Crippen LogP contribution >= 0.6 is 0 Å². The smallest absolute Gasteiger partial charge is 0.326 e. The normalized spacial score (nSPS) is 24.4. The number of carboxylic acids is 1. The number of benzene rings is 1. The topological polar surface area (TPSA) is 86.7 Å². The van der Waals surface area contributed by atoms with Crippen molar-refractivity contribution in [2.45, 2.75) is 37.9 Å². The zero-order chi connectivity index (χ0) is 15.0.